The van der Waals surface area contributed by atoms with E-state index in [0.29, 0.717) is 16.5 Å². The molecule has 0 amide bonds. The minimum absolute atomic E-state index is 0.0190. The number of carbonyl (C=O) groups excluding carboxylic acids is 1. The van der Waals surface area contributed by atoms with Gasteiger partial charge in [0.25, 0.3) is 5.56 Å². The number of benzene rings is 2. The number of aromatic nitrogens is 4. The molecule has 0 unspecified atom stereocenters. The van der Waals surface area contributed by atoms with Crippen LogP contribution in [0.2, 0.25) is 5.02 Å². The third kappa shape index (κ3) is 4.84. The molecule has 37 heavy (non-hydrogen) atoms. The number of nitrogens with two attached hydrogens (primary N) is 1. The van der Waals surface area contributed by atoms with Gasteiger partial charge in [-0.05, 0) is 24.5 Å². The highest BCUT2D eigenvalue weighted by atomic mass is 35.5. The maximum absolute atomic E-state index is 13.8. The summed E-state index contributed by atoms with van der Waals surface area (Å²) in [6.45, 7) is -0.125. The van der Waals surface area contributed by atoms with Crippen LogP contribution in [-0.2, 0) is 20.1 Å². The molecule has 1 aliphatic carbocycles. The molecule has 0 aliphatic heterocycles. The molecule has 0 spiro atoms. The van der Waals surface area contributed by atoms with Gasteiger partial charge < -0.3 is 11.1 Å². The quantitative estimate of drug-likeness (QED) is 0.361. The summed E-state index contributed by atoms with van der Waals surface area (Å²) in [4.78, 5) is 44.6. The molecule has 5 rings (SSSR count). The Morgan fingerprint density at radius 3 is 2.49 bits per heavy atom. The van der Waals surface area contributed by atoms with Crippen molar-refractivity contribution in [3.8, 4) is 0 Å². The zero-order chi connectivity index (χ0) is 26.1. The number of hydrogen-bond donors (Lipinski definition) is 2. The van der Waals surface area contributed by atoms with E-state index >= 15 is 0 Å². The lowest BCUT2D eigenvalue weighted by Crippen LogP contribution is -2.43. The third-order valence-corrected chi connectivity index (χ3v) is 7.42. The van der Waals surface area contributed by atoms with E-state index < -0.39 is 11.2 Å². The highest BCUT2D eigenvalue weighted by Crippen LogP contribution is 2.25. The molecular formula is C27H29ClN6O3. The van der Waals surface area contributed by atoms with Crippen LogP contribution in [0.4, 0.5) is 5.95 Å². The summed E-state index contributed by atoms with van der Waals surface area (Å²) >= 11 is 6.47. The van der Waals surface area contributed by atoms with Crippen molar-refractivity contribution in [1.82, 2.24) is 18.7 Å². The topological polar surface area (TPSA) is 117 Å². The summed E-state index contributed by atoms with van der Waals surface area (Å²) in [5.41, 5.74) is 6.87. The van der Waals surface area contributed by atoms with Gasteiger partial charge in [-0.15, -0.1) is 0 Å². The van der Waals surface area contributed by atoms with Crippen LogP contribution < -0.4 is 22.3 Å². The average molecular weight is 521 g/mol. The zero-order valence-corrected chi connectivity index (χ0v) is 21.3. The van der Waals surface area contributed by atoms with Crippen molar-refractivity contribution in [2.45, 2.75) is 50.9 Å². The number of nitrogens with zero attached hydrogens (tertiary/aromatic N) is 4. The van der Waals surface area contributed by atoms with Crippen molar-refractivity contribution in [3.63, 3.8) is 0 Å². The van der Waals surface area contributed by atoms with E-state index in [1.165, 1.54) is 4.57 Å². The lowest BCUT2D eigenvalue weighted by atomic mass is 9.91. The standard InChI is InChI=1S/C27H29ClN6O3/c1-32-24-23(25(36)34(27(32)37)16-22(35)17-9-3-2-4-10-17)33(15-18-11-5-6-12-19(18)28)26(31-24)30-21-14-8-7-13-20(21)29/h2-6,9-12,20-21H,7-8,13-16,29H2,1H3,(H,30,31)/t20-,21+/m0/s1. The number of Topliss-reactive ketones (excluding diaryl/α,β-unsaturated/α-hetero) is 1. The minimum atomic E-state index is -0.606. The fourth-order valence-electron chi connectivity index (χ4n) is 4.94. The van der Waals surface area contributed by atoms with Crippen molar-refractivity contribution in [1.29, 1.82) is 0 Å². The van der Waals surface area contributed by atoms with Crippen molar-refractivity contribution in [3.05, 3.63) is 91.6 Å². The first-order chi connectivity index (χ1) is 17.8. The van der Waals surface area contributed by atoms with E-state index in [0.717, 1.165) is 35.8 Å². The first kappa shape index (κ1) is 25.0. The van der Waals surface area contributed by atoms with Crippen LogP contribution in [0.5, 0.6) is 0 Å². The fraction of sp³-hybridized carbons (Fsp3) is 0.333. The van der Waals surface area contributed by atoms with Gasteiger partial charge in [-0.1, -0.05) is 73.0 Å². The van der Waals surface area contributed by atoms with Crippen LogP contribution in [0.1, 0.15) is 41.6 Å². The van der Waals surface area contributed by atoms with Gasteiger partial charge in [0.1, 0.15) is 0 Å². The number of ketones is 1. The lowest BCUT2D eigenvalue weighted by molar-refractivity contribution is 0.0969. The lowest BCUT2D eigenvalue weighted by Gasteiger charge is -2.29. The van der Waals surface area contributed by atoms with E-state index in [-0.39, 0.29) is 42.1 Å². The number of carbonyl (C=O) groups is 1. The van der Waals surface area contributed by atoms with Crippen LogP contribution in [0.15, 0.2) is 64.2 Å². The second-order valence-electron chi connectivity index (χ2n) is 9.51. The van der Waals surface area contributed by atoms with Gasteiger partial charge in [0.2, 0.25) is 5.95 Å². The van der Waals surface area contributed by atoms with Gasteiger partial charge >= 0.3 is 5.69 Å². The number of aryl methyl sites for hydroxylation is 1. The van der Waals surface area contributed by atoms with Gasteiger partial charge in [-0.3, -0.25) is 23.3 Å². The smallest absolute Gasteiger partial charge is 0.332 e. The Hall–Kier alpha value is -3.69. The zero-order valence-electron chi connectivity index (χ0n) is 20.6. The Labute approximate surface area is 218 Å². The second kappa shape index (κ2) is 10.4. The van der Waals surface area contributed by atoms with Crippen LogP contribution in [0.25, 0.3) is 11.2 Å². The average Bonchev–Trinajstić information content (AvgIpc) is 3.26. The summed E-state index contributed by atoms with van der Waals surface area (Å²) < 4.78 is 4.02. The largest absolute Gasteiger partial charge is 0.351 e. The number of fused-ring (bicyclic) bond motifs is 1. The number of imidazole rings is 1. The molecule has 2 heterocycles. The van der Waals surface area contributed by atoms with Crippen molar-refractivity contribution >= 4 is 34.5 Å². The highest BCUT2D eigenvalue weighted by Gasteiger charge is 2.27. The molecule has 9 nitrogen and oxygen atoms in total. The SMILES string of the molecule is Cn1c(=O)n(CC(=O)c2ccccc2)c(=O)c2c1nc(N[C@@H]1CCCC[C@@H]1N)n2Cc1ccccc1Cl. The van der Waals surface area contributed by atoms with Gasteiger partial charge in [-0.2, -0.15) is 4.98 Å². The van der Waals surface area contributed by atoms with E-state index in [1.807, 2.05) is 18.2 Å². The number of halogens is 1. The Morgan fingerprint density at radius 1 is 1.05 bits per heavy atom. The maximum atomic E-state index is 13.8. The molecular weight excluding hydrogens is 492 g/mol. The molecule has 0 saturated heterocycles. The monoisotopic (exact) mass is 520 g/mol. The number of anilines is 1. The van der Waals surface area contributed by atoms with Gasteiger partial charge in [0.05, 0.1) is 13.1 Å². The molecule has 3 N–H and O–H groups in total. The molecule has 1 aliphatic rings. The summed E-state index contributed by atoms with van der Waals surface area (Å²) in [6, 6.07) is 15.9. The molecule has 2 aromatic carbocycles. The summed E-state index contributed by atoms with van der Waals surface area (Å²) in [7, 11) is 1.55. The van der Waals surface area contributed by atoms with E-state index in [1.54, 1.807) is 48.0 Å². The Kier molecular flexibility index (Phi) is 6.99. The van der Waals surface area contributed by atoms with Crippen molar-refractivity contribution in [2.24, 2.45) is 12.8 Å². The Balaban J connectivity index is 1.66. The molecule has 4 aromatic rings. The third-order valence-electron chi connectivity index (χ3n) is 7.05. The van der Waals surface area contributed by atoms with Crippen LogP contribution in [-0.4, -0.2) is 36.6 Å². The first-order valence-corrected chi connectivity index (χ1v) is 12.8. The number of rotatable bonds is 7. The Morgan fingerprint density at radius 2 is 1.76 bits per heavy atom. The van der Waals surface area contributed by atoms with E-state index in [2.05, 4.69) is 10.3 Å². The summed E-state index contributed by atoms with van der Waals surface area (Å²) in [5.74, 6) is 0.111. The molecule has 2 aromatic heterocycles. The van der Waals surface area contributed by atoms with Crippen LogP contribution in [0, 0.1) is 0 Å². The number of nitrogens with one attached hydrogen (secondary N) is 1. The molecule has 0 bridgehead atoms. The maximum Gasteiger partial charge on any atom is 0.332 e. The Bertz CT molecular complexity index is 1570. The van der Waals surface area contributed by atoms with Crippen LogP contribution >= 0.6 is 11.6 Å². The van der Waals surface area contributed by atoms with Crippen LogP contribution in [0.3, 0.4) is 0 Å². The molecule has 0 radical (unpaired) electrons. The molecule has 1 saturated carbocycles. The predicted molar refractivity (Wildman–Crippen MR) is 144 cm³/mol. The summed E-state index contributed by atoms with van der Waals surface area (Å²) in [6.07, 6.45) is 3.90. The molecule has 10 heteroatoms. The first-order valence-electron chi connectivity index (χ1n) is 12.4. The van der Waals surface area contributed by atoms with Gasteiger partial charge in [0, 0.05) is 29.7 Å². The highest BCUT2D eigenvalue weighted by molar-refractivity contribution is 6.31. The predicted octanol–water partition coefficient (Wildman–Crippen LogP) is 3.16. The minimum Gasteiger partial charge on any atom is -0.351 e. The number of hydrogen-bond acceptors (Lipinski definition) is 6. The molecule has 2 atom stereocenters. The molecule has 192 valence electrons. The van der Waals surface area contributed by atoms with E-state index in [9.17, 15) is 14.4 Å². The summed E-state index contributed by atoms with van der Waals surface area (Å²) in [5, 5.41) is 3.99. The van der Waals surface area contributed by atoms with E-state index in [4.69, 9.17) is 17.3 Å². The normalized spacial score (nSPS) is 17.7. The van der Waals surface area contributed by atoms with Crippen molar-refractivity contribution in [2.75, 3.05) is 5.32 Å². The second-order valence-corrected chi connectivity index (χ2v) is 9.91. The molecule has 1 fully saturated rings. The van der Waals surface area contributed by atoms with Gasteiger partial charge in [0.15, 0.2) is 16.9 Å². The van der Waals surface area contributed by atoms with Gasteiger partial charge in [-0.25, -0.2) is 4.79 Å². The fourth-order valence-corrected chi connectivity index (χ4v) is 5.13. The van der Waals surface area contributed by atoms with Crippen molar-refractivity contribution < 1.29 is 4.79 Å².